The van der Waals surface area contributed by atoms with Gasteiger partial charge in [-0.05, 0) is 92.3 Å². The van der Waals surface area contributed by atoms with Gasteiger partial charge in [0.15, 0.2) is 0 Å². The summed E-state index contributed by atoms with van der Waals surface area (Å²) in [5.74, 6) is -0.00264. The van der Waals surface area contributed by atoms with Gasteiger partial charge >= 0.3 is 0 Å². The van der Waals surface area contributed by atoms with E-state index in [0.717, 1.165) is 46.8 Å². The van der Waals surface area contributed by atoms with E-state index in [-0.39, 0.29) is 5.91 Å². The summed E-state index contributed by atoms with van der Waals surface area (Å²) in [6, 6.07) is 14.6. The number of amides is 1. The molecule has 0 unspecified atom stereocenters. The van der Waals surface area contributed by atoms with Crippen LogP contribution in [-0.4, -0.2) is 10.9 Å². The average molecular weight is 459 g/mol. The van der Waals surface area contributed by atoms with Gasteiger partial charge in [0.1, 0.15) is 10.0 Å². The van der Waals surface area contributed by atoms with Crippen LogP contribution in [0.4, 0.5) is 5.00 Å². The minimum absolute atomic E-state index is 0.00264. The summed E-state index contributed by atoms with van der Waals surface area (Å²) in [5, 5.41) is 5.30. The van der Waals surface area contributed by atoms with E-state index in [1.54, 1.807) is 22.7 Å². The van der Waals surface area contributed by atoms with E-state index in [1.807, 2.05) is 12.1 Å². The maximum atomic E-state index is 13.3. The summed E-state index contributed by atoms with van der Waals surface area (Å²) in [5.41, 5.74) is 7.13. The third-order valence-corrected chi connectivity index (χ3v) is 9.03. The number of rotatable bonds is 3. The normalized spacial score (nSPS) is 15.8. The molecule has 0 atom stereocenters. The standard InChI is InChI=1S/C27H26N2OS2/c30-25(19-15-14-17-8-4-5-9-18(17)16-19)29-27-24(20-10-2-1-3-12-22(20)31-27)26-28-21-11-6-7-13-23(21)32-26/h6-7,11,13-16H,1-5,8-10,12H2,(H,29,30). The predicted molar refractivity (Wildman–Crippen MR) is 135 cm³/mol. The SMILES string of the molecule is O=C(Nc1sc2c(c1-c1nc3ccccc3s1)CCCCC2)c1ccc2c(c1)CCCC2. The Morgan fingerprint density at radius 3 is 2.56 bits per heavy atom. The predicted octanol–water partition coefficient (Wildman–Crippen LogP) is 7.42. The maximum Gasteiger partial charge on any atom is 0.256 e. The number of aromatic nitrogens is 1. The van der Waals surface area contributed by atoms with Crippen molar-refractivity contribution < 1.29 is 4.79 Å². The van der Waals surface area contributed by atoms with Crippen molar-refractivity contribution >= 4 is 43.8 Å². The number of aryl methyl sites for hydroxylation is 3. The molecule has 0 aliphatic heterocycles. The fraction of sp³-hybridized carbons (Fsp3) is 0.333. The number of nitrogens with one attached hydrogen (secondary N) is 1. The minimum atomic E-state index is -0.00264. The van der Waals surface area contributed by atoms with Crippen LogP contribution in [0.2, 0.25) is 0 Å². The second-order valence-corrected chi connectivity index (χ2v) is 11.0. The summed E-state index contributed by atoms with van der Waals surface area (Å²) in [4.78, 5) is 19.7. The smallest absolute Gasteiger partial charge is 0.256 e. The molecular weight excluding hydrogens is 432 g/mol. The molecule has 3 nitrogen and oxygen atoms in total. The zero-order valence-electron chi connectivity index (χ0n) is 18.1. The molecule has 1 amide bonds. The van der Waals surface area contributed by atoms with Gasteiger partial charge in [-0.1, -0.05) is 24.6 Å². The summed E-state index contributed by atoms with van der Waals surface area (Å²) >= 11 is 3.50. The molecule has 1 N–H and O–H groups in total. The summed E-state index contributed by atoms with van der Waals surface area (Å²) in [7, 11) is 0. The first-order valence-electron chi connectivity index (χ1n) is 11.7. The molecule has 0 saturated heterocycles. The summed E-state index contributed by atoms with van der Waals surface area (Å²) in [6.45, 7) is 0. The van der Waals surface area contributed by atoms with E-state index in [2.05, 4.69) is 35.6 Å². The van der Waals surface area contributed by atoms with Gasteiger partial charge in [-0.25, -0.2) is 4.98 Å². The van der Waals surface area contributed by atoms with Crippen molar-refractivity contribution in [3.05, 3.63) is 69.6 Å². The topological polar surface area (TPSA) is 42.0 Å². The number of nitrogens with zero attached hydrogens (tertiary/aromatic N) is 1. The molecule has 2 aromatic carbocycles. The van der Waals surface area contributed by atoms with E-state index in [4.69, 9.17) is 4.98 Å². The molecule has 2 heterocycles. The number of para-hydroxylation sites is 1. The van der Waals surface area contributed by atoms with Gasteiger partial charge in [0.05, 0.1) is 10.2 Å². The maximum absolute atomic E-state index is 13.3. The van der Waals surface area contributed by atoms with Gasteiger partial charge in [-0.15, -0.1) is 22.7 Å². The number of hydrogen-bond donors (Lipinski definition) is 1. The number of thiophene rings is 1. The Morgan fingerprint density at radius 2 is 1.66 bits per heavy atom. The van der Waals surface area contributed by atoms with Crippen LogP contribution in [-0.2, 0) is 25.7 Å². The lowest BCUT2D eigenvalue weighted by Gasteiger charge is -2.16. The number of thiazole rings is 1. The Hall–Kier alpha value is -2.50. The van der Waals surface area contributed by atoms with Gasteiger partial charge in [0.2, 0.25) is 0 Å². The highest BCUT2D eigenvalue weighted by Crippen LogP contribution is 2.46. The Bertz CT molecular complexity index is 1280. The summed E-state index contributed by atoms with van der Waals surface area (Å²) in [6.07, 6.45) is 10.6. The van der Waals surface area contributed by atoms with Crippen molar-refractivity contribution in [3.8, 4) is 10.6 Å². The third kappa shape index (κ3) is 3.67. The van der Waals surface area contributed by atoms with Gasteiger partial charge in [-0.3, -0.25) is 4.79 Å². The molecule has 4 aromatic rings. The highest BCUT2D eigenvalue weighted by atomic mass is 32.1. The van der Waals surface area contributed by atoms with Crippen LogP contribution in [0.5, 0.6) is 0 Å². The zero-order chi connectivity index (χ0) is 21.5. The Labute approximate surface area is 196 Å². The quantitative estimate of drug-likeness (QED) is 0.324. The lowest BCUT2D eigenvalue weighted by atomic mass is 9.90. The molecule has 2 aromatic heterocycles. The molecule has 32 heavy (non-hydrogen) atoms. The molecule has 6 rings (SSSR count). The van der Waals surface area contributed by atoms with Crippen LogP contribution >= 0.6 is 22.7 Å². The first kappa shape index (κ1) is 20.1. The second-order valence-electron chi connectivity index (χ2n) is 8.90. The van der Waals surface area contributed by atoms with Crippen LogP contribution in [0.3, 0.4) is 0 Å². The molecule has 0 bridgehead atoms. The number of benzene rings is 2. The molecule has 0 saturated carbocycles. The average Bonchev–Trinajstić information content (AvgIpc) is 3.31. The fourth-order valence-corrected chi connectivity index (χ4v) is 7.48. The summed E-state index contributed by atoms with van der Waals surface area (Å²) < 4.78 is 1.20. The first-order valence-corrected chi connectivity index (χ1v) is 13.3. The van der Waals surface area contributed by atoms with Crippen molar-refractivity contribution in [1.82, 2.24) is 4.98 Å². The highest BCUT2D eigenvalue weighted by molar-refractivity contribution is 7.22. The molecular formula is C27H26N2OS2. The fourth-order valence-electron chi connectivity index (χ4n) is 5.09. The van der Waals surface area contributed by atoms with Crippen LogP contribution in [0.15, 0.2) is 42.5 Å². The molecule has 0 fully saturated rings. The third-order valence-electron chi connectivity index (χ3n) is 6.77. The van der Waals surface area contributed by atoms with Gasteiger partial charge in [0.25, 0.3) is 5.91 Å². The van der Waals surface area contributed by atoms with E-state index in [9.17, 15) is 4.79 Å². The van der Waals surface area contributed by atoms with E-state index in [1.165, 1.54) is 63.9 Å². The number of anilines is 1. The molecule has 162 valence electrons. The first-order chi connectivity index (χ1) is 15.8. The largest absolute Gasteiger partial charge is 0.313 e. The minimum Gasteiger partial charge on any atom is -0.313 e. The van der Waals surface area contributed by atoms with Crippen molar-refractivity contribution in [2.45, 2.75) is 57.8 Å². The molecule has 0 radical (unpaired) electrons. The van der Waals surface area contributed by atoms with Gasteiger partial charge in [0, 0.05) is 16.0 Å². The van der Waals surface area contributed by atoms with Crippen LogP contribution in [0.1, 0.15) is 64.0 Å². The van der Waals surface area contributed by atoms with Crippen LogP contribution in [0.25, 0.3) is 20.8 Å². The number of fused-ring (bicyclic) bond motifs is 3. The Balaban J connectivity index is 1.40. The molecule has 5 heteroatoms. The highest BCUT2D eigenvalue weighted by Gasteiger charge is 2.25. The van der Waals surface area contributed by atoms with Crippen LogP contribution in [0, 0.1) is 0 Å². The number of carbonyl (C=O) groups is 1. The second kappa shape index (κ2) is 8.45. The van der Waals surface area contributed by atoms with Gasteiger partial charge < -0.3 is 5.32 Å². The Morgan fingerprint density at radius 1 is 0.844 bits per heavy atom. The van der Waals surface area contributed by atoms with Crippen LogP contribution < -0.4 is 5.32 Å². The molecule has 2 aliphatic carbocycles. The molecule has 2 aliphatic rings. The van der Waals surface area contributed by atoms with Crippen molar-refractivity contribution in [1.29, 1.82) is 0 Å². The van der Waals surface area contributed by atoms with E-state index < -0.39 is 0 Å². The van der Waals surface area contributed by atoms with E-state index >= 15 is 0 Å². The van der Waals surface area contributed by atoms with Crippen molar-refractivity contribution in [3.63, 3.8) is 0 Å². The lowest BCUT2D eigenvalue weighted by Crippen LogP contribution is -2.13. The van der Waals surface area contributed by atoms with Crippen molar-refractivity contribution in [2.75, 3.05) is 5.32 Å². The number of hydrogen-bond acceptors (Lipinski definition) is 4. The lowest BCUT2D eigenvalue weighted by molar-refractivity contribution is 0.102. The molecule has 0 spiro atoms. The monoisotopic (exact) mass is 458 g/mol. The van der Waals surface area contributed by atoms with Gasteiger partial charge in [-0.2, -0.15) is 0 Å². The zero-order valence-corrected chi connectivity index (χ0v) is 19.7. The van der Waals surface area contributed by atoms with E-state index in [0.29, 0.717) is 0 Å². The van der Waals surface area contributed by atoms with Crippen molar-refractivity contribution in [2.24, 2.45) is 0 Å². The number of carbonyl (C=O) groups excluding carboxylic acids is 1. The Kier molecular flexibility index (Phi) is 5.32.